The number of H-pyrrole nitrogens is 1. The summed E-state index contributed by atoms with van der Waals surface area (Å²) in [6.45, 7) is 0.742. The summed E-state index contributed by atoms with van der Waals surface area (Å²) in [6, 6.07) is 5.81. The molecule has 2 heterocycles. The van der Waals surface area contributed by atoms with Crippen LogP contribution >= 0.6 is 0 Å². The summed E-state index contributed by atoms with van der Waals surface area (Å²) in [5, 5.41) is 9.94. The Hall–Kier alpha value is -1.84. The number of hydrogen-bond donors (Lipinski definition) is 2. The lowest BCUT2D eigenvalue weighted by molar-refractivity contribution is 0.980. The highest BCUT2D eigenvalue weighted by atomic mass is 15.1. The van der Waals surface area contributed by atoms with Crippen molar-refractivity contribution in [2.75, 3.05) is 5.32 Å². The molecule has 0 aliphatic heterocycles. The topological polar surface area (TPSA) is 53.6 Å². The van der Waals surface area contributed by atoms with E-state index in [-0.39, 0.29) is 0 Å². The van der Waals surface area contributed by atoms with Gasteiger partial charge in [-0.1, -0.05) is 0 Å². The zero-order chi connectivity index (χ0) is 8.93. The van der Waals surface area contributed by atoms with Crippen LogP contribution in [-0.2, 0) is 6.54 Å². The third-order valence-corrected chi connectivity index (χ3v) is 1.70. The van der Waals surface area contributed by atoms with Gasteiger partial charge in [-0.05, 0) is 18.2 Å². The first-order valence-electron chi connectivity index (χ1n) is 4.07. The van der Waals surface area contributed by atoms with Gasteiger partial charge < -0.3 is 5.32 Å². The number of hydrogen-bond acceptors (Lipinski definition) is 3. The molecule has 0 saturated heterocycles. The van der Waals surface area contributed by atoms with Crippen LogP contribution in [0.3, 0.4) is 0 Å². The zero-order valence-electron chi connectivity index (χ0n) is 7.07. The van der Waals surface area contributed by atoms with Crippen molar-refractivity contribution in [3.63, 3.8) is 0 Å². The molecule has 0 bridgehead atoms. The van der Waals surface area contributed by atoms with Gasteiger partial charge in [0.2, 0.25) is 0 Å². The van der Waals surface area contributed by atoms with Crippen LogP contribution in [0.25, 0.3) is 0 Å². The third kappa shape index (κ3) is 2.05. The number of anilines is 1. The highest BCUT2D eigenvalue weighted by Gasteiger charge is 1.93. The van der Waals surface area contributed by atoms with Crippen molar-refractivity contribution >= 4 is 5.69 Å². The lowest BCUT2D eigenvalue weighted by Crippen LogP contribution is -1.99. The average Bonchev–Trinajstić information content (AvgIpc) is 2.69. The Morgan fingerprint density at radius 2 is 2.31 bits per heavy atom. The van der Waals surface area contributed by atoms with E-state index in [1.54, 1.807) is 18.6 Å². The van der Waals surface area contributed by atoms with E-state index in [2.05, 4.69) is 20.5 Å². The predicted octanol–water partition coefficient (Wildman–Crippen LogP) is 1.42. The van der Waals surface area contributed by atoms with Gasteiger partial charge in [0.1, 0.15) is 0 Å². The van der Waals surface area contributed by atoms with Crippen molar-refractivity contribution in [3.8, 4) is 0 Å². The van der Waals surface area contributed by atoms with Crippen molar-refractivity contribution < 1.29 is 0 Å². The average molecular weight is 174 g/mol. The first-order valence-corrected chi connectivity index (χ1v) is 4.07. The molecule has 0 aliphatic carbocycles. The van der Waals surface area contributed by atoms with Gasteiger partial charge in [0.05, 0.1) is 17.9 Å². The minimum absolute atomic E-state index is 0.742. The molecule has 0 aliphatic rings. The Balaban J connectivity index is 1.94. The van der Waals surface area contributed by atoms with Crippen molar-refractivity contribution in [1.82, 2.24) is 15.2 Å². The highest BCUT2D eigenvalue weighted by molar-refractivity contribution is 5.39. The van der Waals surface area contributed by atoms with Crippen LogP contribution in [0.4, 0.5) is 5.69 Å². The SMILES string of the molecule is c1cncc(NCc2ccn[nH]2)c1. The quantitative estimate of drug-likeness (QED) is 0.739. The van der Waals surface area contributed by atoms with Crippen molar-refractivity contribution in [3.05, 3.63) is 42.5 Å². The van der Waals surface area contributed by atoms with E-state index in [0.717, 1.165) is 17.9 Å². The molecule has 0 saturated carbocycles. The molecule has 13 heavy (non-hydrogen) atoms. The molecule has 4 nitrogen and oxygen atoms in total. The fourth-order valence-electron chi connectivity index (χ4n) is 1.05. The van der Waals surface area contributed by atoms with Gasteiger partial charge in [0.15, 0.2) is 0 Å². The number of aromatic amines is 1. The van der Waals surface area contributed by atoms with Crippen LogP contribution in [-0.4, -0.2) is 15.2 Å². The molecule has 4 heteroatoms. The van der Waals surface area contributed by atoms with Gasteiger partial charge in [0, 0.05) is 18.6 Å². The summed E-state index contributed by atoms with van der Waals surface area (Å²) in [5.41, 5.74) is 2.07. The molecule has 0 unspecified atom stereocenters. The normalized spacial score (nSPS) is 9.85. The lowest BCUT2D eigenvalue weighted by Gasteiger charge is -2.02. The Morgan fingerprint density at radius 1 is 1.31 bits per heavy atom. The molecule has 0 atom stereocenters. The molecule has 2 aromatic heterocycles. The first kappa shape index (κ1) is 7.79. The zero-order valence-corrected chi connectivity index (χ0v) is 7.07. The fraction of sp³-hybridized carbons (Fsp3) is 0.111. The van der Waals surface area contributed by atoms with Crippen molar-refractivity contribution in [1.29, 1.82) is 0 Å². The summed E-state index contributed by atoms with van der Waals surface area (Å²) in [4.78, 5) is 4.00. The second kappa shape index (κ2) is 3.71. The van der Waals surface area contributed by atoms with Crippen LogP contribution in [0.2, 0.25) is 0 Å². The minimum Gasteiger partial charge on any atom is -0.378 e. The standard InChI is InChI=1S/C9H10N4/c1-2-8(6-10-4-1)11-7-9-3-5-12-13-9/h1-6,11H,7H2,(H,12,13). The van der Waals surface area contributed by atoms with Gasteiger partial charge >= 0.3 is 0 Å². The molecule has 2 N–H and O–H groups in total. The molecule has 0 fully saturated rings. The lowest BCUT2D eigenvalue weighted by atomic mass is 10.4. The number of nitrogens with zero attached hydrogens (tertiary/aromatic N) is 2. The van der Waals surface area contributed by atoms with Crippen molar-refractivity contribution in [2.24, 2.45) is 0 Å². The monoisotopic (exact) mass is 174 g/mol. The molecule has 0 aromatic carbocycles. The maximum atomic E-state index is 4.00. The number of pyridine rings is 1. The second-order valence-corrected chi connectivity index (χ2v) is 2.68. The van der Waals surface area contributed by atoms with Crippen LogP contribution in [0.5, 0.6) is 0 Å². The smallest absolute Gasteiger partial charge is 0.0568 e. The largest absolute Gasteiger partial charge is 0.378 e. The minimum atomic E-state index is 0.742. The Morgan fingerprint density at radius 3 is 3.00 bits per heavy atom. The van der Waals surface area contributed by atoms with E-state index in [4.69, 9.17) is 0 Å². The van der Waals surface area contributed by atoms with Crippen LogP contribution in [0.15, 0.2) is 36.8 Å². The summed E-state index contributed by atoms with van der Waals surface area (Å²) in [6.07, 6.45) is 5.28. The first-order chi connectivity index (χ1) is 6.45. The molecule has 2 rings (SSSR count). The van der Waals surface area contributed by atoms with Crippen LogP contribution in [0.1, 0.15) is 5.69 Å². The molecule has 66 valence electrons. The fourth-order valence-corrected chi connectivity index (χ4v) is 1.05. The molecule has 2 aromatic rings. The Kier molecular flexibility index (Phi) is 2.22. The van der Waals surface area contributed by atoms with E-state index in [0.29, 0.717) is 0 Å². The van der Waals surface area contributed by atoms with Gasteiger partial charge in [-0.15, -0.1) is 0 Å². The van der Waals surface area contributed by atoms with Crippen molar-refractivity contribution in [2.45, 2.75) is 6.54 Å². The molecule has 0 amide bonds. The Labute approximate surface area is 76.0 Å². The summed E-state index contributed by atoms with van der Waals surface area (Å²) in [7, 11) is 0. The maximum absolute atomic E-state index is 4.00. The van der Waals surface area contributed by atoms with Gasteiger partial charge in [-0.2, -0.15) is 5.10 Å². The molecule has 0 radical (unpaired) electrons. The number of nitrogens with one attached hydrogen (secondary N) is 2. The Bertz CT molecular complexity index is 341. The summed E-state index contributed by atoms with van der Waals surface area (Å²) >= 11 is 0. The molecular weight excluding hydrogens is 164 g/mol. The summed E-state index contributed by atoms with van der Waals surface area (Å²) < 4.78 is 0. The van der Waals surface area contributed by atoms with Gasteiger partial charge in [0.25, 0.3) is 0 Å². The van der Waals surface area contributed by atoms with E-state index >= 15 is 0 Å². The summed E-state index contributed by atoms with van der Waals surface area (Å²) in [5.74, 6) is 0. The van der Waals surface area contributed by atoms with E-state index in [9.17, 15) is 0 Å². The van der Waals surface area contributed by atoms with E-state index in [1.807, 2.05) is 18.2 Å². The van der Waals surface area contributed by atoms with Crippen LogP contribution < -0.4 is 5.32 Å². The number of rotatable bonds is 3. The van der Waals surface area contributed by atoms with E-state index in [1.165, 1.54) is 0 Å². The number of aromatic nitrogens is 3. The maximum Gasteiger partial charge on any atom is 0.0568 e. The second-order valence-electron chi connectivity index (χ2n) is 2.68. The highest BCUT2D eigenvalue weighted by Crippen LogP contribution is 2.04. The third-order valence-electron chi connectivity index (χ3n) is 1.70. The van der Waals surface area contributed by atoms with Gasteiger partial charge in [-0.3, -0.25) is 10.1 Å². The van der Waals surface area contributed by atoms with E-state index < -0.39 is 0 Å². The van der Waals surface area contributed by atoms with Crippen LogP contribution in [0, 0.1) is 0 Å². The molecule has 0 spiro atoms. The predicted molar refractivity (Wildman–Crippen MR) is 50.2 cm³/mol. The van der Waals surface area contributed by atoms with Gasteiger partial charge in [-0.25, -0.2) is 0 Å². The molecular formula is C9H10N4.